The average molecular weight is 377 g/mol. The van der Waals surface area contributed by atoms with Gasteiger partial charge in [0.15, 0.2) is 0 Å². The molecule has 0 unspecified atom stereocenters. The van der Waals surface area contributed by atoms with Gasteiger partial charge in [-0.25, -0.2) is 0 Å². The molecule has 2 aromatic carbocycles. The number of benzene rings is 2. The van der Waals surface area contributed by atoms with E-state index in [-0.39, 0.29) is 5.75 Å². The first kappa shape index (κ1) is 14.8. The van der Waals surface area contributed by atoms with Crippen molar-refractivity contribution in [2.75, 3.05) is 5.43 Å². The maximum absolute atomic E-state index is 9.95. The van der Waals surface area contributed by atoms with Gasteiger partial charge in [-0.2, -0.15) is 5.10 Å². The molecule has 0 atom stereocenters. The van der Waals surface area contributed by atoms with Gasteiger partial charge in [0, 0.05) is 22.2 Å². The first-order valence-corrected chi connectivity index (χ1v) is 7.63. The van der Waals surface area contributed by atoms with Crippen molar-refractivity contribution in [3.63, 3.8) is 0 Å². The maximum atomic E-state index is 9.95. The van der Waals surface area contributed by atoms with Gasteiger partial charge < -0.3 is 5.11 Å². The smallest absolute Gasteiger partial charge is 0.138 e. The van der Waals surface area contributed by atoms with E-state index in [2.05, 4.69) is 31.4 Å². The third-order valence-electron chi connectivity index (χ3n) is 3.08. The standard InChI is InChI=1S/C16H11BrClN3O/c17-13-8-12(18)7-11(16(13)22)9-20-21-14-5-1-3-10-4-2-6-19-15(10)14/h1-9,21-22H/b20-9+. The summed E-state index contributed by atoms with van der Waals surface area (Å²) >= 11 is 9.20. The number of fused-ring (bicyclic) bond motifs is 1. The number of hydrogen-bond donors (Lipinski definition) is 2. The lowest BCUT2D eigenvalue weighted by Crippen LogP contribution is -1.93. The Hall–Kier alpha value is -2.11. The van der Waals surface area contributed by atoms with Crippen LogP contribution in [0.25, 0.3) is 10.9 Å². The van der Waals surface area contributed by atoms with Crippen LogP contribution in [0.2, 0.25) is 5.02 Å². The summed E-state index contributed by atoms with van der Waals surface area (Å²) in [5.74, 6) is 0.0889. The van der Waals surface area contributed by atoms with Gasteiger partial charge in [-0.3, -0.25) is 10.4 Å². The minimum Gasteiger partial charge on any atom is -0.506 e. The number of halogens is 2. The van der Waals surface area contributed by atoms with Crippen molar-refractivity contribution in [3.05, 3.63) is 63.7 Å². The lowest BCUT2D eigenvalue weighted by Gasteiger charge is -2.05. The number of phenols is 1. The van der Waals surface area contributed by atoms with Gasteiger partial charge in [0.1, 0.15) is 5.75 Å². The number of rotatable bonds is 3. The van der Waals surface area contributed by atoms with Crippen molar-refractivity contribution in [2.45, 2.75) is 0 Å². The summed E-state index contributed by atoms with van der Waals surface area (Å²) in [5.41, 5.74) is 5.07. The Labute approximate surface area is 140 Å². The van der Waals surface area contributed by atoms with Crippen LogP contribution in [-0.4, -0.2) is 16.3 Å². The summed E-state index contributed by atoms with van der Waals surface area (Å²) in [6.07, 6.45) is 3.24. The molecule has 0 aliphatic heterocycles. The molecule has 0 saturated heterocycles. The molecule has 0 saturated carbocycles. The third-order valence-corrected chi connectivity index (χ3v) is 3.90. The van der Waals surface area contributed by atoms with Crippen molar-refractivity contribution in [2.24, 2.45) is 5.10 Å². The molecule has 110 valence electrons. The Balaban J connectivity index is 1.88. The van der Waals surface area contributed by atoms with Gasteiger partial charge in [-0.15, -0.1) is 0 Å². The number of aromatic nitrogens is 1. The van der Waals surface area contributed by atoms with E-state index in [1.165, 1.54) is 6.21 Å². The van der Waals surface area contributed by atoms with Gasteiger partial charge in [-0.05, 0) is 40.2 Å². The van der Waals surface area contributed by atoms with E-state index in [0.29, 0.717) is 15.1 Å². The van der Waals surface area contributed by atoms with Crippen LogP contribution < -0.4 is 5.43 Å². The molecule has 3 aromatic rings. The summed E-state index contributed by atoms with van der Waals surface area (Å²) < 4.78 is 0.522. The molecule has 0 amide bonds. The molecular formula is C16H11BrClN3O. The molecular weight excluding hydrogens is 366 g/mol. The van der Waals surface area contributed by atoms with Crippen LogP contribution in [0.1, 0.15) is 5.56 Å². The van der Waals surface area contributed by atoms with Crippen molar-refractivity contribution in [1.29, 1.82) is 0 Å². The highest BCUT2D eigenvalue weighted by molar-refractivity contribution is 9.10. The molecule has 0 fully saturated rings. The molecule has 0 spiro atoms. The zero-order chi connectivity index (χ0) is 15.5. The number of hydrazone groups is 1. The lowest BCUT2D eigenvalue weighted by molar-refractivity contribution is 0.471. The van der Waals surface area contributed by atoms with Crippen molar-refractivity contribution in [3.8, 4) is 5.75 Å². The van der Waals surface area contributed by atoms with Gasteiger partial charge in [-0.1, -0.05) is 29.8 Å². The van der Waals surface area contributed by atoms with Crippen LogP contribution in [0.4, 0.5) is 5.69 Å². The SMILES string of the molecule is Oc1c(Br)cc(Cl)cc1/C=N/Nc1cccc2cccnc12. The second-order valence-corrected chi connectivity index (χ2v) is 5.87. The molecule has 0 bridgehead atoms. The number of phenolic OH excluding ortho intramolecular Hbond substituents is 1. The zero-order valence-corrected chi connectivity index (χ0v) is 13.6. The predicted octanol–water partition coefficient (Wildman–Crippen LogP) is 4.80. The summed E-state index contributed by atoms with van der Waals surface area (Å²) in [7, 11) is 0. The molecule has 6 heteroatoms. The average Bonchev–Trinajstić information content (AvgIpc) is 2.52. The summed E-state index contributed by atoms with van der Waals surface area (Å²) in [5, 5.41) is 15.6. The Morgan fingerprint density at radius 3 is 2.91 bits per heavy atom. The molecule has 0 radical (unpaired) electrons. The van der Waals surface area contributed by atoms with Crippen LogP contribution in [0, 0.1) is 0 Å². The predicted molar refractivity (Wildman–Crippen MR) is 93.8 cm³/mol. The maximum Gasteiger partial charge on any atom is 0.138 e. The lowest BCUT2D eigenvalue weighted by atomic mass is 10.2. The number of anilines is 1. The number of para-hydroxylation sites is 1. The molecule has 2 N–H and O–H groups in total. The molecule has 0 aliphatic carbocycles. The number of hydrogen-bond acceptors (Lipinski definition) is 4. The monoisotopic (exact) mass is 375 g/mol. The molecule has 22 heavy (non-hydrogen) atoms. The summed E-state index contributed by atoms with van der Waals surface area (Å²) in [4.78, 5) is 4.34. The van der Waals surface area contributed by atoms with E-state index >= 15 is 0 Å². The van der Waals surface area contributed by atoms with Gasteiger partial charge in [0.2, 0.25) is 0 Å². The van der Waals surface area contributed by atoms with Crippen LogP contribution in [0.15, 0.2) is 58.2 Å². The number of nitrogens with zero attached hydrogens (tertiary/aromatic N) is 2. The fourth-order valence-corrected chi connectivity index (χ4v) is 2.88. The highest BCUT2D eigenvalue weighted by Gasteiger charge is 2.05. The summed E-state index contributed by atoms with van der Waals surface area (Å²) in [6, 6.07) is 12.9. The van der Waals surface area contributed by atoms with Crippen LogP contribution in [-0.2, 0) is 0 Å². The minimum atomic E-state index is 0.0889. The van der Waals surface area contributed by atoms with E-state index in [1.54, 1.807) is 18.3 Å². The number of aromatic hydroxyl groups is 1. The fraction of sp³-hybridized carbons (Fsp3) is 0. The van der Waals surface area contributed by atoms with Gasteiger partial charge in [0.25, 0.3) is 0 Å². The Bertz CT molecular complexity index is 862. The Kier molecular flexibility index (Phi) is 4.27. The molecule has 1 aromatic heterocycles. The molecule has 4 nitrogen and oxygen atoms in total. The first-order valence-electron chi connectivity index (χ1n) is 6.46. The second kappa shape index (κ2) is 6.34. The van der Waals surface area contributed by atoms with Crippen molar-refractivity contribution in [1.82, 2.24) is 4.98 Å². The largest absolute Gasteiger partial charge is 0.506 e. The van der Waals surface area contributed by atoms with Crippen molar-refractivity contribution >= 4 is 50.3 Å². The van der Waals surface area contributed by atoms with E-state index in [9.17, 15) is 5.11 Å². The first-order chi connectivity index (χ1) is 10.6. The molecule has 0 aliphatic rings. The quantitative estimate of drug-likeness (QED) is 0.510. The highest BCUT2D eigenvalue weighted by atomic mass is 79.9. The van der Waals surface area contributed by atoms with E-state index in [4.69, 9.17) is 11.6 Å². The van der Waals surface area contributed by atoms with Crippen molar-refractivity contribution < 1.29 is 5.11 Å². The molecule has 3 rings (SSSR count). The van der Waals surface area contributed by atoms with Gasteiger partial charge >= 0.3 is 0 Å². The second-order valence-electron chi connectivity index (χ2n) is 4.58. The normalized spacial score (nSPS) is 11.2. The van der Waals surface area contributed by atoms with Gasteiger partial charge in [0.05, 0.1) is 21.9 Å². The van der Waals surface area contributed by atoms with E-state index in [0.717, 1.165) is 16.6 Å². The minimum absolute atomic E-state index is 0.0889. The van der Waals surface area contributed by atoms with Crippen LogP contribution in [0.3, 0.4) is 0 Å². The zero-order valence-electron chi connectivity index (χ0n) is 11.3. The van der Waals surface area contributed by atoms with E-state index < -0.39 is 0 Å². The number of pyridine rings is 1. The fourth-order valence-electron chi connectivity index (χ4n) is 2.05. The third kappa shape index (κ3) is 3.05. The topological polar surface area (TPSA) is 57.5 Å². The number of nitrogens with one attached hydrogen (secondary N) is 1. The Morgan fingerprint density at radius 2 is 2.05 bits per heavy atom. The van der Waals surface area contributed by atoms with Crippen LogP contribution >= 0.6 is 27.5 Å². The molecule has 1 heterocycles. The van der Waals surface area contributed by atoms with Crippen LogP contribution in [0.5, 0.6) is 5.75 Å². The summed E-state index contributed by atoms with van der Waals surface area (Å²) in [6.45, 7) is 0. The van der Waals surface area contributed by atoms with E-state index in [1.807, 2.05) is 30.3 Å². The highest BCUT2D eigenvalue weighted by Crippen LogP contribution is 2.30. The Morgan fingerprint density at radius 1 is 1.23 bits per heavy atom.